The highest BCUT2D eigenvalue weighted by molar-refractivity contribution is 4.75. The van der Waals surface area contributed by atoms with Crippen molar-refractivity contribution in [3.8, 4) is 0 Å². The van der Waals surface area contributed by atoms with E-state index < -0.39 is 18.1 Å². The molecule has 0 aliphatic rings. The summed E-state index contributed by atoms with van der Waals surface area (Å²) in [6.07, 6.45) is -1.40. The van der Waals surface area contributed by atoms with E-state index in [1.807, 2.05) is 0 Å². The summed E-state index contributed by atoms with van der Waals surface area (Å²) in [6, 6.07) is 0. The van der Waals surface area contributed by atoms with Crippen LogP contribution in [0.5, 0.6) is 0 Å². The van der Waals surface area contributed by atoms with E-state index in [0.717, 1.165) is 6.61 Å². The standard InChI is InChI=1S/C6H13O3/c1-4(8)6(3-7)5(2)9/h3-9H,1-2H3. The summed E-state index contributed by atoms with van der Waals surface area (Å²) in [7, 11) is 0. The molecule has 9 heavy (non-hydrogen) atoms. The zero-order valence-corrected chi connectivity index (χ0v) is 5.65. The summed E-state index contributed by atoms with van der Waals surface area (Å²) in [5.74, 6) is -0.537. The van der Waals surface area contributed by atoms with E-state index in [-0.39, 0.29) is 0 Å². The van der Waals surface area contributed by atoms with Crippen LogP contribution in [0.3, 0.4) is 0 Å². The first kappa shape index (κ1) is 8.88. The molecule has 0 aliphatic carbocycles. The molecular weight excluding hydrogens is 120 g/mol. The lowest BCUT2D eigenvalue weighted by molar-refractivity contribution is 0.0259. The van der Waals surface area contributed by atoms with Gasteiger partial charge in [-0.25, -0.2) is 0 Å². The maximum atomic E-state index is 8.83. The predicted octanol–water partition coefficient (Wildman–Crippen LogP) is -0.102. The van der Waals surface area contributed by atoms with Gasteiger partial charge in [-0.2, -0.15) is 0 Å². The van der Waals surface area contributed by atoms with Crippen LogP contribution in [0.15, 0.2) is 0 Å². The molecular formula is C6H13O3. The van der Waals surface area contributed by atoms with E-state index in [4.69, 9.17) is 15.3 Å². The van der Waals surface area contributed by atoms with Crippen molar-refractivity contribution in [1.82, 2.24) is 0 Å². The van der Waals surface area contributed by atoms with Gasteiger partial charge in [-0.3, -0.25) is 0 Å². The first-order valence-corrected chi connectivity index (χ1v) is 2.93. The Morgan fingerprint density at radius 2 is 1.44 bits per heavy atom. The van der Waals surface area contributed by atoms with Gasteiger partial charge in [-0.15, -0.1) is 0 Å². The second-order valence-electron chi connectivity index (χ2n) is 2.21. The minimum atomic E-state index is -0.699. The minimum absolute atomic E-state index is 0.537. The van der Waals surface area contributed by atoms with Crippen LogP contribution in [0.4, 0.5) is 0 Å². The predicted molar refractivity (Wildman–Crippen MR) is 33.1 cm³/mol. The molecule has 0 spiro atoms. The van der Waals surface area contributed by atoms with E-state index in [0.29, 0.717) is 0 Å². The summed E-state index contributed by atoms with van der Waals surface area (Å²) in [5, 5.41) is 26.1. The van der Waals surface area contributed by atoms with E-state index in [9.17, 15) is 0 Å². The van der Waals surface area contributed by atoms with Gasteiger partial charge in [0.15, 0.2) is 0 Å². The summed E-state index contributed by atoms with van der Waals surface area (Å²) in [5.41, 5.74) is 0. The Balaban J connectivity index is 3.68. The molecule has 0 aliphatic heterocycles. The van der Waals surface area contributed by atoms with Crippen LogP contribution in [0.1, 0.15) is 13.8 Å². The van der Waals surface area contributed by atoms with Gasteiger partial charge in [-0.1, -0.05) is 0 Å². The lowest BCUT2D eigenvalue weighted by Crippen LogP contribution is -2.27. The zero-order chi connectivity index (χ0) is 7.44. The number of rotatable bonds is 3. The second-order valence-corrected chi connectivity index (χ2v) is 2.21. The molecule has 55 valence electrons. The largest absolute Gasteiger partial charge is 0.393 e. The molecule has 0 fully saturated rings. The number of aliphatic hydroxyl groups is 3. The van der Waals surface area contributed by atoms with Crippen LogP contribution >= 0.6 is 0 Å². The average molecular weight is 133 g/mol. The van der Waals surface area contributed by atoms with Crippen molar-refractivity contribution in [3.63, 3.8) is 0 Å². The topological polar surface area (TPSA) is 60.7 Å². The fourth-order valence-corrected chi connectivity index (χ4v) is 0.652. The maximum absolute atomic E-state index is 8.83. The zero-order valence-electron chi connectivity index (χ0n) is 5.65. The molecule has 0 aromatic rings. The summed E-state index contributed by atoms with van der Waals surface area (Å²) < 4.78 is 0. The minimum Gasteiger partial charge on any atom is -0.393 e. The van der Waals surface area contributed by atoms with Crippen LogP contribution in [-0.2, 0) is 0 Å². The maximum Gasteiger partial charge on any atom is 0.0881 e. The number of hydrogen-bond donors (Lipinski definition) is 3. The average Bonchev–Trinajstić information content (AvgIpc) is 1.64. The lowest BCUT2D eigenvalue weighted by Gasteiger charge is -2.18. The monoisotopic (exact) mass is 133 g/mol. The van der Waals surface area contributed by atoms with Gasteiger partial charge >= 0.3 is 0 Å². The van der Waals surface area contributed by atoms with Gasteiger partial charge in [-0.05, 0) is 13.8 Å². The van der Waals surface area contributed by atoms with Crippen molar-refractivity contribution in [2.45, 2.75) is 26.1 Å². The Hall–Kier alpha value is -0.120. The number of aliphatic hydroxyl groups excluding tert-OH is 3. The van der Waals surface area contributed by atoms with Gasteiger partial charge in [0.25, 0.3) is 0 Å². The van der Waals surface area contributed by atoms with Crippen molar-refractivity contribution in [1.29, 1.82) is 0 Å². The molecule has 3 N–H and O–H groups in total. The fraction of sp³-hybridized carbons (Fsp3) is 0.833. The lowest BCUT2D eigenvalue weighted by atomic mass is 10.00. The van der Waals surface area contributed by atoms with Crippen LogP contribution in [0, 0.1) is 12.5 Å². The molecule has 0 rings (SSSR count). The van der Waals surface area contributed by atoms with Crippen molar-refractivity contribution < 1.29 is 15.3 Å². The van der Waals surface area contributed by atoms with Crippen LogP contribution in [0.2, 0.25) is 0 Å². The first-order valence-electron chi connectivity index (χ1n) is 2.93. The van der Waals surface area contributed by atoms with E-state index >= 15 is 0 Å². The van der Waals surface area contributed by atoms with Crippen molar-refractivity contribution in [2.75, 3.05) is 0 Å². The molecule has 0 heterocycles. The van der Waals surface area contributed by atoms with E-state index in [2.05, 4.69) is 0 Å². The summed E-state index contributed by atoms with van der Waals surface area (Å²) in [4.78, 5) is 0. The molecule has 0 bridgehead atoms. The first-order chi connectivity index (χ1) is 4.09. The second kappa shape index (κ2) is 3.82. The van der Waals surface area contributed by atoms with Crippen LogP contribution in [0.25, 0.3) is 0 Å². The Morgan fingerprint density at radius 3 is 1.44 bits per heavy atom. The Kier molecular flexibility index (Phi) is 3.77. The highest BCUT2D eigenvalue weighted by atomic mass is 16.3. The van der Waals surface area contributed by atoms with Gasteiger partial charge in [0.2, 0.25) is 0 Å². The van der Waals surface area contributed by atoms with Crippen molar-refractivity contribution in [2.24, 2.45) is 5.92 Å². The molecule has 3 heteroatoms. The molecule has 0 saturated heterocycles. The van der Waals surface area contributed by atoms with Gasteiger partial charge in [0.05, 0.1) is 18.8 Å². The third-order valence-electron chi connectivity index (χ3n) is 1.29. The molecule has 0 aromatic heterocycles. The smallest absolute Gasteiger partial charge is 0.0881 e. The van der Waals surface area contributed by atoms with Gasteiger partial charge in [0, 0.05) is 5.92 Å². The highest BCUT2D eigenvalue weighted by Gasteiger charge is 2.19. The molecule has 2 unspecified atom stereocenters. The summed E-state index contributed by atoms with van der Waals surface area (Å²) in [6.45, 7) is 3.85. The molecule has 0 aromatic carbocycles. The quantitative estimate of drug-likeness (QED) is 0.503. The fourth-order valence-electron chi connectivity index (χ4n) is 0.652. The third-order valence-corrected chi connectivity index (χ3v) is 1.29. The Bertz CT molecular complexity index is 62.7. The van der Waals surface area contributed by atoms with Gasteiger partial charge in [0.1, 0.15) is 0 Å². The summed E-state index contributed by atoms with van der Waals surface area (Å²) >= 11 is 0. The molecule has 1 radical (unpaired) electrons. The SMILES string of the molecule is CC(O)C([CH]O)C(C)O. The number of hydrogen-bond acceptors (Lipinski definition) is 3. The third kappa shape index (κ3) is 2.79. The molecule has 2 atom stereocenters. The van der Waals surface area contributed by atoms with Crippen molar-refractivity contribution >= 4 is 0 Å². The Morgan fingerprint density at radius 1 is 1.11 bits per heavy atom. The van der Waals surface area contributed by atoms with E-state index in [1.54, 1.807) is 0 Å². The van der Waals surface area contributed by atoms with Gasteiger partial charge < -0.3 is 15.3 Å². The van der Waals surface area contributed by atoms with Crippen molar-refractivity contribution in [3.05, 3.63) is 6.61 Å². The Labute approximate surface area is 54.9 Å². The highest BCUT2D eigenvalue weighted by Crippen LogP contribution is 2.10. The van der Waals surface area contributed by atoms with Crippen LogP contribution < -0.4 is 0 Å². The van der Waals surface area contributed by atoms with E-state index in [1.165, 1.54) is 13.8 Å². The van der Waals surface area contributed by atoms with Crippen LogP contribution in [-0.4, -0.2) is 27.5 Å². The molecule has 0 amide bonds. The normalized spacial score (nSPS) is 21.0. The molecule has 3 nitrogen and oxygen atoms in total. The molecule has 0 saturated carbocycles.